The largest absolute Gasteiger partial charge is 0.450 e. The monoisotopic (exact) mass is 399 g/mol. The fourth-order valence-electron chi connectivity index (χ4n) is 2.20. The lowest BCUT2D eigenvalue weighted by atomic mass is 10.1. The van der Waals surface area contributed by atoms with E-state index in [-0.39, 0.29) is 5.75 Å². The van der Waals surface area contributed by atoms with Gasteiger partial charge in [0, 0.05) is 24.6 Å². The average molecular weight is 400 g/mol. The van der Waals surface area contributed by atoms with E-state index in [0.717, 1.165) is 6.07 Å². The van der Waals surface area contributed by atoms with Crippen LogP contribution < -0.4 is 4.74 Å². The molecule has 0 aliphatic rings. The molecule has 0 spiro atoms. The molecule has 0 unspecified atom stereocenters. The van der Waals surface area contributed by atoms with Crippen LogP contribution in [0.4, 0.5) is 18.9 Å². The van der Waals surface area contributed by atoms with Gasteiger partial charge < -0.3 is 9.26 Å². The van der Waals surface area contributed by atoms with Crippen molar-refractivity contribution in [1.82, 2.24) is 10.1 Å². The number of nitrogens with zero attached hydrogens (tertiary/aromatic N) is 3. The Hall–Kier alpha value is -3.14. The standard InChI is InChI=1S/C16H9ClF3N3O4/c1-8-21-15(22-27-8)9-2-4-10(5-3-9)26-14-7-12(17)11(16(18,19)20)6-13(14)23(24)25/h2-7H,1H3. The van der Waals surface area contributed by atoms with Crippen molar-refractivity contribution in [3.8, 4) is 22.9 Å². The van der Waals surface area contributed by atoms with E-state index < -0.39 is 33.1 Å². The van der Waals surface area contributed by atoms with Crippen molar-refractivity contribution in [1.29, 1.82) is 0 Å². The molecular weight excluding hydrogens is 391 g/mol. The molecule has 3 aromatic rings. The summed E-state index contributed by atoms with van der Waals surface area (Å²) in [7, 11) is 0. The van der Waals surface area contributed by atoms with Gasteiger partial charge in [-0.25, -0.2) is 0 Å². The van der Waals surface area contributed by atoms with E-state index in [1.54, 1.807) is 19.1 Å². The number of alkyl halides is 3. The van der Waals surface area contributed by atoms with Crippen LogP contribution in [-0.4, -0.2) is 15.1 Å². The van der Waals surface area contributed by atoms with Crippen LogP contribution in [-0.2, 0) is 6.18 Å². The first-order chi connectivity index (χ1) is 12.6. The summed E-state index contributed by atoms with van der Waals surface area (Å²) in [4.78, 5) is 14.2. The van der Waals surface area contributed by atoms with Crippen molar-refractivity contribution >= 4 is 17.3 Å². The molecule has 11 heteroatoms. The fraction of sp³-hybridized carbons (Fsp3) is 0.125. The summed E-state index contributed by atoms with van der Waals surface area (Å²) < 4.78 is 48.9. The number of benzene rings is 2. The van der Waals surface area contributed by atoms with Crippen LogP contribution in [0.5, 0.6) is 11.5 Å². The van der Waals surface area contributed by atoms with Gasteiger partial charge in [0.15, 0.2) is 0 Å². The molecule has 0 saturated carbocycles. The normalized spacial score (nSPS) is 11.4. The first-order valence-corrected chi connectivity index (χ1v) is 7.66. The number of ether oxygens (including phenoxy) is 1. The fourth-order valence-corrected chi connectivity index (χ4v) is 2.46. The van der Waals surface area contributed by atoms with Gasteiger partial charge in [0.1, 0.15) is 5.75 Å². The molecule has 0 N–H and O–H groups in total. The topological polar surface area (TPSA) is 91.3 Å². The van der Waals surface area contributed by atoms with E-state index in [0.29, 0.717) is 23.3 Å². The zero-order valence-electron chi connectivity index (χ0n) is 13.5. The van der Waals surface area contributed by atoms with Gasteiger partial charge in [-0.2, -0.15) is 18.2 Å². The first kappa shape index (κ1) is 18.6. The molecule has 1 heterocycles. The molecule has 0 aliphatic carbocycles. The van der Waals surface area contributed by atoms with Gasteiger partial charge in [0.25, 0.3) is 0 Å². The van der Waals surface area contributed by atoms with Crippen molar-refractivity contribution in [2.75, 3.05) is 0 Å². The number of hydrogen-bond acceptors (Lipinski definition) is 6. The Morgan fingerprint density at radius 2 is 1.89 bits per heavy atom. The lowest BCUT2D eigenvalue weighted by Gasteiger charge is -2.12. The minimum atomic E-state index is -4.83. The van der Waals surface area contributed by atoms with Crippen LogP contribution in [0, 0.1) is 17.0 Å². The van der Waals surface area contributed by atoms with Crippen LogP contribution in [0.25, 0.3) is 11.4 Å². The second-order valence-corrected chi connectivity index (χ2v) is 5.73. The van der Waals surface area contributed by atoms with Crippen LogP contribution >= 0.6 is 11.6 Å². The van der Waals surface area contributed by atoms with Gasteiger partial charge >= 0.3 is 11.9 Å². The predicted molar refractivity (Wildman–Crippen MR) is 87.7 cm³/mol. The highest BCUT2D eigenvalue weighted by atomic mass is 35.5. The molecule has 0 bridgehead atoms. The van der Waals surface area contributed by atoms with Crippen LogP contribution in [0.15, 0.2) is 40.9 Å². The minimum Gasteiger partial charge on any atom is -0.450 e. The Bertz CT molecular complexity index is 1000. The van der Waals surface area contributed by atoms with Crippen LogP contribution in [0.3, 0.4) is 0 Å². The zero-order valence-corrected chi connectivity index (χ0v) is 14.2. The van der Waals surface area contributed by atoms with Gasteiger partial charge in [-0.1, -0.05) is 16.8 Å². The van der Waals surface area contributed by atoms with Gasteiger partial charge in [0.2, 0.25) is 17.5 Å². The number of aromatic nitrogens is 2. The number of hydrogen-bond donors (Lipinski definition) is 0. The maximum Gasteiger partial charge on any atom is 0.418 e. The third kappa shape index (κ3) is 4.00. The molecule has 0 radical (unpaired) electrons. The van der Waals surface area contributed by atoms with E-state index in [2.05, 4.69) is 10.1 Å². The van der Waals surface area contributed by atoms with Crippen molar-refractivity contribution in [3.63, 3.8) is 0 Å². The molecule has 7 nitrogen and oxygen atoms in total. The summed E-state index contributed by atoms with van der Waals surface area (Å²) in [6.45, 7) is 1.63. The molecule has 0 fully saturated rings. The Labute approximate surface area is 154 Å². The Morgan fingerprint density at radius 3 is 2.41 bits per heavy atom. The zero-order chi connectivity index (χ0) is 19.8. The molecule has 27 heavy (non-hydrogen) atoms. The van der Waals surface area contributed by atoms with Crippen LogP contribution in [0.2, 0.25) is 5.02 Å². The van der Waals surface area contributed by atoms with Gasteiger partial charge in [0.05, 0.1) is 15.5 Å². The summed E-state index contributed by atoms with van der Waals surface area (Å²) in [5.41, 5.74) is -1.57. The number of rotatable bonds is 4. The van der Waals surface area contributed by atoms with E-state index in [1.165, 1.54) is 12.1 Å². The molecule has 0 aliphatic heterocycles. The van der Waals surface area contributed by atoms with Crippen LogP contribution in [0.1, 0.15) is 11.5 Å². The minimum absolute atomic E-state index is 0.151. The third-order valence-electron chi connectivity index (χ3n) is 3.42. The van der Waals surface area contributed by atoms with Crippen molar-refractivity contribution in [3.05, 3.63) is 63.0 Å². The van der Waals surface area contributed by atoms with E-state index in [1.807, 2.05) is 0 Å². The van der Waals surface area contributed by atoms with E-state index >= 15 is 0 Å². The second-order valence-electron chi connectivity index (χ2n) is 5.32. The number of nitro groups is 1. The number of halogens is 4. The molecule has 1 aromatic heterocycles. The average Bonchev–Trinajstić information content (AvgIpc) is 3.00. The molecule has 140 valence electrons. The smallest absolute Gasteiger partial charge is 0.418 e. The Balaban J connectivity index is 1.93. The van der Waals surface area contributed by atoms with Gasteiger partial charge in [-0.15, -0.1) is 0 Å². The van der Waals surface area contributed by atoms with Crippen molar-refractivity contribution in [2.24, 2.45) is 0 Å². The highest BCUT2D eigenvalue weighted by molar-refractivity contribution is 6.31. The predicted octanol–water partition coefficient (Wildman–Crippen LogP) is 5.42. The van der Waals surface area contributed by atoms with Crippen molar-refractivity contribution < 1.29 is 27.4 Å². The SMILES string of the molecule is Cc1nc(-c2ccc(Oc3cc(Cl)c(C(F)(F)F)cc3[N+](=O)[O-])cc2)no1. The quantitative estimate of drug-likeness (QED) is 0.430. The summed E-state index contributed by atoms with van der Waals surface area (Å²) in [5.74, 6) is 0.446. The molecule has 0 atom stereocenters. The van der Waals surface area contributed by atoms with E-state index in [9.17, 15) is 23.3 Å². The molecule has 0 saturated heterocycles. The molecule has 3 rings (SSSR count). The molecular formula is C16H9ClF3N3O4. The number of aryl methyl sites for hydroxylation is 1. The van der Waals surface area contributed by atoms with Crippen molar-refractivity contribution in [2.45, 2.75) is 13.1 Å². The maximum absolute atomic E-state index is 12.9. The highest BCUT2D eigenvalue weighted by Gasteiger charge is 2.36. The summed E-state index contributed by atoms with van der Waals surface area (Å²) in [6.07, 6.45) is -4.83. The maximum atomic E-state index is 12.9. The van der Waals surface area contributed by atoms with Gasteiger partial charge in [-0.05, 0) is 24.3 Å². The molecule has 0 amide bonds. The summed E-state index contributed by atoms with van der Waals surface area (Å²) in [6, 6.07) is 7.15. The number of nitro benzene ring substituents is 1. The second kappa shape index (κ2) is 6.88. The summed E-state index contributed by atoms with van der Waals surface area (Å²) >= 11 is 5.61. The Kier molecular flexibility index (Phi) is 4.75. The third-order valence-corrected chi connectivity index (χ3v) is 3.73. The lowest BCUT2D eigenvalue weighted by Crippen LogP contribution is -2.07. The lowest BCUT2D eigenvalue weighted by molar-refractivity contribution is -0.385. The Morgan fingerprint density at radius 1 is 1.22 bits per heavy atom. The first-order valence-electron chi connectivity index (χ1n) is 7.29. The highest BCUT2D eigenvalue weighted by Crippen LogP contribution is 2.42. The molecule has 2 aromatic carbocycles. The summed E-state index contributed by atoms with van der Waals surface area (Å²) in [5, 5.41) is 14.2. The van der Waals surface area contributed by atoms with E-state index in [4.69, 9.17) is 20.9 Å². The van der Waals surface area contributed by atoms with Gasteiger partial charge in [-0.3, -0.25) is 10.1 Å².